The molecule has 9 nitrogen and oxygen atoms in total. The normalized spacial score (nSPS) is 44.7. The highest BCUT2D eigenvalue weighted by atomic mass is 32.2. The van der Waals surface area contributed by atoms with Crippen molar-refractivity contribution < 1.29 is 32.9 Å². The zero-order valence-corrected chi connectivity index (χ0v) is 20.1. The van der Waals surface area contributed by atoms with Crippen LogP contribution in [0.2, 0.25) is 0 Å². The standard InChI is InChI=1S/C22H38N2O7S/c1-21-8-6-18-22(2,13-30-20(31-18)11-23-32(3,28)29)17(21)5-4-16(26)15(21)10-19(27)24-9-7-14(25)12-24/h14-18,20,23,25-26H,4-13H2,1-3H3. The average Bonchev–Trinajstić information content (AvgIpc) is 3.15. The summed E-state index contributed by atoms with van der Waals surface area (Å²) in [4.78, 5) is 14.7. The topological polar surface area (TPSA) is 125 Å². The molecule has 4 rings (SSSR count). The molecule has 10 heteroatoms. The fourth-order valence-electron chi connectivity index (χ4n) is 6.90. The SMILES string of the molecule is CC12COC(CNS(C)(=O)=O)OC1CCC1(C)C(CC(=O)N3CCC(O)C3)C(O)CCC21. The zero-order chi connectivity index (χ0) is 23.3. The number of β-amino-alcohol motifs (C(OH)–C–C–N with tert-alkyl or cyclic N) is 1. The Morgan fingerprint density at radius 2 is 1.91 bits per heavy atom. The first kappa shape index (κ1) is 24.3. The molecule has 2 heterocycles. The van der Waals surface area contributed by atoms with Gasteiger partial charge in [0.05, 0.1) is 37.7 Å². The number of nitrogens with zero attached hydrogens (tertiary/aromatic N) is 1. The Labute approximate surface area is 190 Å². The highest BCUT2D eigenvalue weighted by Gasteiger charge is 2.61. The minimum atomic E-state index is -3.32. The van der Waals surface area contributed by atoms with Gasteiger partial charge in [-0.2, -0.15) is 0 Å². The van der Waals surface area contributed by atoms with Gasteiger partial charge in [0.25, 0.3) is 0 Å². The van der Waals surface area contributed by atoms with E-state index in [9.17, 15) is 23.4 Å². The van der Waals surface area contributed by atoms with Gasteiger partial charge in [-0.1, -0.05) is 13.8 Å². The van der Waals surface area contributed by atoms with E-state index in [4.69, 9.17) is 9.47 Å². The van der Waals surface area contributed by atoms with E-state index in [1.54, 1.807) is 4.90 Å². The van der Waals surface area contributed by atoms with Crippen molar-refractivity contribution in [2.75, 3.05) is 32.5 Å². The summed E-state index contributed by atoms with van der Waals surface area (Å²) in [6, 6.07) is 0. The van der Waals surface area contributed by atoms with Crippen LogP contribution in [0.15, 0.2) is 0 Å². The summed E-state index contributed by atoms with van der Waals surface area (Å²) in [6.07, 6.45) is 3.49. The van der Waals surface area contributed by atoms with E-state index >= 15 is 0 Å². The number of nitrogens with one attached hydrogen (secondary N) is 1. The lowest BCUT2D eigenvalue weighted by Gasteiger charge is -2.63. The molecule has 0 aromatic carbocycles. The third-order valence-corrected chi connectivity index (χ3v) is 9.35. The van der Waals surface area contributed by atoms with Crippen molar-refractivity contribution in [2.45, 2.75) is 77.0 Å². The second kappa shape index (κ2) is 8.78. The highest BCUT2D eigenvalue weighted by molar-refractivity contribution is 7.88. The molecule has 3 N–H and O–H groups in total. The van der Waals surface area contributed by atoms with Crippen molar-refractivity contribution in [2.24, 2.45) is 22.7 Å². The van der Waals surface area contributed by atoms with Gasteiger partial charge < -0.3 is 24.6 Å². The van der Waals surface area contributed by atoms with Gasteiger partial charge in [-0.15, -0.1) is 0 Å². The first-order valence-corrected chi connectivity index (χ1v) is 13.7. The van der Waals surface area contributed by atoms with Crippen LogP contribution >= 0.6 is 0 Å². The molecular weight excluding hydrogens is 436 g/mol. The number of aliphatic hydroxyl groups excluding tert-OH is 2. The number of rotatable bonds is 5. The Kier molecular flexibility index (Phi) is 6.68. The molecule has 2 saturated carbocycles. The molecule has 8 unspecified atom stereocenters. The van der Waals surface area contributed by atoms with Crippen LogP contribution in [-0.2, 0) is 24.3 Å². The minimum absolute atomic E-state index is 0.0165. The minimum Gasteiger partial charge on any atom is -0.393 e. The van der Waals surface area contributed by atoms with Gasteiger partial charge in [0.15, 0.2) is 6.29 Å². The van der Waals surface area contributed by atoms with Gasteiger partial charge >= 0.3 is 0 Å². The largest absolute Gasteiger partial charge is 0.393 e. The van der Waals surface area contributed by atoms with Gasteiger partial charge in [-0.05, 0) is 49.4 Å². The Morgan fingerprint density at radius 3 is 2.56 bits per heavy atom. The van der Waals surface area contributed by atoms with Crippen LogP contribution in [0, 0.1) is 22.7 Å². The quantitative estimate of drug-likeness (QED) is 0.528. The van der Waals surface area contributed by atoms with Crippen LogP contribution < -0.4 is 4.72 Å². The van der Waals surface area contributed by atoms with Crippen LogP contribution in [0.25, 0.3) is 0 Å². The summed E-state index contributed by atoms with van der Waals surface area (Å²) in [5, 5.41) is 20.7. The number of ether oxygens (including phenoxy) is 2. The van der Waals surface area contributed by atoms with E-state index < -0.39 is 28.5 Å². The van der Waals surface area contributed by atoms with Gasteiger partial charge in [-0.25, -0.2) is 13.1 Å². The smallest absolute Gasteiger partial charge is 0.223 e. The fourth-order valence-corrected chi connectivity index (χ4v) is 7.34. The maximum atomic E-state index is 13.0. The van der Waals surface area contributed by atoms with E-state index in [0.29, 0.717) is 39.0 Å². The monoisotopic (exact) mass is 474 g/mol. The van der Waals surface area contributed by atoms with Crippen LogP contribution in [0.4, 0.5) is 0 Å². The Morgan fingerprint density at radius 1 is 1.16 bits per heavy atom. The van der Waals surface area contributed by atoms with Crippen molar-refractivity contribution in [3.05, 3.63) is 0 Å². The van der Waals surface area contributed by atoms with E-state index in [2.05, 4.69) is 18.6 Å². The number of fused-ring (bicyclic) bond motifs is 3. The van der Waals surface area contributed by atoms with Gasteiger partial charge in [0, 0.05) is 24.9 Å². The lowest BCUT2D eigenvalue weighted by molar-refractivity contribution is -0.306. The van der Waals surface area contributed by atoms with Crippen LogP contribution in [0.1, 0.15) is 52.4 Å². The van der Waals surface area contributed by atoms with Crippen LogP contribution in [-0.4, -0.2) is 86.5 Å². The molecule has 8 atom stereocenters. The zero-order valence-electron chi connectivity index (χ0n) is 19.3. The molecule has 32 heavy (non-hydrogen) atoms. The summed E-state index contributed by atoms with van der Waals surface area (Å²) in [7, 11) is -3.32. The number of amides is 1. The van der Waals surface area contributed by atoms with E-state index in [-0.39, 0.29) is 41.2 Å². The number of hydrogen-bond acceptors (Lipinski definition) is 7. The maximum Gasteiger partial charge on any atom is 0.223 e. The molecule has 4 fully saturated rings. The lowest BCUT2D eigenvalue weighted by atomic mass is 9.46. The third-order valence-electron chi connectivity index (χ3n) is 8.65. The van der Waals surface area contributed by atoms with Crippen LogP contribution in [0.3, 0.4) is 0 Å². The molecule has 0 aromatic rings. The summed E-state index contributed by atoms with van der Waals surface area (Å²) in [5.74, 6) is 0.0969. The highest BCUT2D eigenvalue weighted by Crippen LogP contribution is 2.62. The van der Waals surface area contributed by atoms with Crippen LogP contribution in [0.5, 0.6) is 0 Å². The Bertz CT molecular complexity index is 823. The Balaban J connectivity index is 1.47. The van der Waals surface area contributed by atoms with Gasteiger partial charge in [-0.3, -0.25) is 4.79 Å². The number of aliphatic hydroxyl groups is 2. The predicted molar refractivity (Wildman–Crippen MR) is 117 cm³/mol. The van der Waals surface area contributed by atoms with Gasteiger partial charge in [0.1, 0.15) is 0 Å². The second-order valence-corrected chi connectivity index (χ2v) is 12.7. The van der Waals surface area contributed by atoms with Crippen molar-refractivity contribution in [3.63, 3.8) is 0 Å². The van der Waals surface area contributed by atoms with Crippen molar-refractivity contribution in [3.8, 4) is 0 Å². The van der Waals surface area contributed by atoms with Crippen molar-refractivity contribution >= 4 is 15.9 Å². The fraction of sp³-hybridized carbons (Fsp3) is 0.955. The molecule has 2 aliphatic carbocycles. The first-order chi connectivity index (χ1) is 14.9. The molecule has 0 aromatic heterocycles. The number of carbonyl (C=O) groups is 1. The van der Waals surface area contributed by atoms with E-state index in [0.717, 1.165) is 25.5 Å². The van der Waals surface area contributed by atoms with E-state index in [1.165, 1.54) is 0 Å². The molecule has 1 amide bonds. The maximum absolute atomic E-state index is 13.0. The average molecular weight is 475 g/mol. The molecular formula is C22H38N2O7S. The first-order valence-electron chi connectivity index (χ1n) is 11.8. The number of sulfonamides is 1. The van der Waals surface area contributed by atoms with Crippen molar-refractivity contribution in [1.29, 1.82) is 0 Å². The third kappa shape index (κ3) is 4.59. The van der Waals surface area contributed by atoms with E-state index in [1.807, 2.05) is 0 Å². The molecule has 184 valence electrons. The molecule has 2 saturated heterocycles. The number of carbonyl (C=O) groups excluding carboxylic acids is 1. The lowest BCUT2D eigenvalue weighted by Crippen LogP contribution is -2.63. The summed E-state index contributed by atoms with van der Waals surface area (Å²) >= 11 is 0. The second-order valence-electron chi connectivity index (χ2n) is 10.8. The summed E-state index contributed by atoms with van der Waals surface area (Å²) in [5.41, 5.74) is -0.485. The predicted octanol–water partition coefficient (Wildman–Crippen LogP) is 0.454. The number of likely N-dealkylation sites (tertiary alicyclic amines) is 1. The number of hydrogen-bond donors (Lipinski definition) is 3. The summed E-state index contributed by atoms with van der Waals surface area (Å²) in [6.45, 7) is 5.89. The molecule has 0 bridgehead atoms. The van der Waals surface area contributed by atoms with Crippen molar-refractivity contribution in [1.82, 2.24) is 9.62 Å². The Hall–Kier alpha value is -0.780. The molecule has 4 aliphatic rings. The molecule has 0 spiro atoms. The molecule has 2 aliphatic heterocycles. The molecule has 0 radical (unpaired) electrons. The van der Waals surface area contributed by atoms with Gasteiger partial charge in [0.2, 0.25) is 15.9 Å². The summed E-state index contributed by atoms with van der Waals surface area (Å²) < 4.78 is 37.5.